The maximum atomic E-state index is 3.93. The molecule has 2 nitrogen and oxygen atoms in total. The van der Waals surface area contributed by atoms with Crippen molar-refractivity contribution in [3.05, 3.63) is 0 Å². The van der Waals surface area contributed by atoms with Gasteiger partial charge in [-0.2, -0.15) is 0 Å². The Morgan fingerprint density at radius 1 is 0.789 bits per heavy atom. The molecule has 1 aliphatic heterocycles. The minimum absolute atomic E-state index is 0.286. The molecule has 114 valence electrons. The second kappa shape index (κ2) is 8.26. The monoisotopic (exact) mass is 269 g/mol. The van der Waals surface area contributed by atoms with Gasteiger partial charge in [-0.05, 0) is 12.8 Å². The highest BCUT2D eigenvalue weighted by Gasteiger charge is 2.39. The molecule has 0 saturated carbocycles. The van der Waals surface area contributed by atoms with E-state index in [-0.39, 0.29) is 5.66 Å². The minimum atomic E-state index is 0.286. The Kier molecular flexibility index (Phi) is 7.38. The molecule has 19 heavy (non-hydrogen) atoms. The van der Waals surface area contributed by atoms with E-state index < -0.39 is 0 Å². The number of hydrogen-bond donors (Lipinski definition) is 1. The first kappa shape index (κ1) is 17.0. The van der Waals surface area contributed by atoms with Crippen LogP contribution in [0.1, 0.15) is 77.6 Å². The van der Waals surface area contributed by atoms with Gasteiger partial charge in [0.25, 0.3) is 0 Å². The van der Waals surface area contributed by atoms with E-state index >= 15 is 0 Å². The van der Waals surface area contributed by atoms with Crippen LogP contribution >= 0.6 is 0 Å². The number of nitrogens with zero attached hydrogens (tertiary/aromatic N) is 1. The summed E-state index contributed by atoms with van der Waals surface area (Å²) in [6.45, 7) is 3.55. The third-order valence-electron chi connectivity index (χ3n) is 5.09. The van der Waals surface area contributed by atoms with Gasteiger partial charge in [-0.25, -0.2) is 0 Å². The molecule has 0 aromatic rings. The SMILES string of the molecule is CCC1([N+](C)(C)C)CCCCCCCCCCCN1. The molecule has 1 atom stereocenters. The lowest BCUT2D eigenvalue weighted by Gasteiger charge is -2.47. The minimum Gasteiger partial charge on any atom is -0.314 e. The van der Waals surface area contributed by atoms with Gasteiger partial charge in [-0.15, -0.1) is 0 Å². The predicted octanol–water partition coefficient (Wildman–Crippen LogP) is 4.30. The molecule has 0 aromatic carbocycles. The molecule has 1 rings (SSSR count). The Hall–Kier alpha value is -0.0800. The Morgan fingerprint density at radius 3 is 1.74 bits per heavy atom. The van der Waals surface area contributed by atoms with Crippen LogP contribution in [-0.4, -0.2) is 37.8 Å². The van der Waals surface area contributed by atoms with Gasteiger partial charge in [0, 0.05) is 19.4 Å². The highest BCUT2D eigenvalue weighted by atomic mass is 15.4. The zero-order valence-electron chi connectivity index (χ0n) is 13.9. The van der Waals surface area contributed by atoms with Crippen LogP contribution in [-0.2, 0) is 0 Å². The average molecular weight is 269 g/mol. The highest BCUT2D eigenvalue weighted by Crippen LogP contribution is 2.27. The maximum absolute atomic E-state index is 3.93. The molecule has 0 amide bonds. The zero-order valence-corrected chi connectivity index (χ0v) is 13.9. The van der Waals surface area contributed by atoms with E-state index in [2.05, 4.69) is 33.4 Å². The second-order valence-electron chi connectivity index (χ2n) is 7.26. The molecule has 1 heterocycles. The summed E-state index contributed by atoms with van der Waals surface area (Å²) in [6.07, 6.45) is 15.4. The summed E-state index contributed by atoms with van der Waals surface area (Å²) in [4.78, 5) is 0. The lowest BCUT2D eigenvalue weighted by atomic mass is 9.94. The van der Waals surface area contributed by atoms with Gasteiger partial charge in [0.1, 0.15) is 0 Å². The van der Waals surface area contributed by atoms with E-state index in [0.717, 1.165) is 4.48 Å². The first-order chi connectivity index (χ1) is 9.02. The van der Waals surface area contributed by atoms with E-state index in [9.17, 15) is 0 Å². The largest absolute Gasteiger partial charge is 0.314 e. The van der Waals surface area contributed by atoms with Crippen LogP contribution in [0.25, 0.3) is 0 Å². The fourth-order valence-electron chi connectivity index (χ4n) is 3.54. The molecule has 2 heteroatoms. The van der Waals surface area contributed by atoms with Gasteiger partial charge in [0.2, 0.25) is 0 Å². The van der Waals surface area contributed by atoms with Crippen LogP contribution in [0.3, 0.4) is 0 Å². The standard InChI is InChI=1S/C17H37N2/c1-5-17(19(2,3)4)15-13-11-9-7-6-8-10-12-14-16-18-17/h18H,5-16H2,1-4H3/q+1. The van der Waals surface area contributed by atoms with Crippen LogP contribution in [0.4, 0.5) is 0 Å². The summed E-state index contributed by atoms with van der Waals surface area (Å²) in [5.74, 6) is 0. The first-order valence-corrected chi connectivity index (χ1v) is 8.58. The lowest BCUT2D eigenvalue weighted by Crippen LogP contribution is -2.65. The van der Waals surface area contributed by atoms with Crippen LogP contribution in [0, 0.1) is 0 Å². The van der Waals surface area contributed by atoms with Crippen molar-refractivity contribution in [1.29, 1.82) is 0 Å². The van der Waals surface area contributed by atoms with Crippen LogP contribution < -0.4 is 5.32 Å². The molecular formula is C17H37N2+. The van der Waals surface area contributed by atoms with Gasteiger partial charge >= 0.3 is 0 Å². The third-order valence-corrected chi connectivity index (χ3v) is 5.09. The normalized spacial score (nSPS) is 29.1. The Balaban J connectivity index is 2.63. The summed E-state index contributed by atoms with van der Waals surface area (Å²) in [6, 6.07) is 0. The molecule has 0 bridgehead atoms. The molecule has 1 saturated heterocycles. The molecular weight excluding hydrogens is 232 g/mol. The van der Waals surface area contributed by atoms with Crippen LogP contribution in [0.2, 0.25) is 0 Å². The number of quaternary nitrogens is 1. The molecule has 1 aliphatic rings. The summed E-state index contributed by atoms with van der Waals surface area (Å²) < 4.78 is 1.05. The van der Waals surface area contributed by atoms with Crippen LogP contribution in [0.15, 0.2) is 0 Å². The fourth-order valence-corrected chi connectivity index (χ4v) is 3.54. The van der Waals surface area contributed by atoms with Crippen LogP contribution in [0.5, 0.6) is 0 Å². The van der Waals surface area contributed by atoms with Crippen molar-refractivity contribution < 1.29 is 4.48 Å². The van der Waals surface area contributed by atoms with Crippen molar-refractivity contribution in [3.8, 4) is 0 Å². The zero-order chi connectivity index (χ0) is 14.2. The number of hydrogen-bond acceptors (Lipinski definition) is 1. The Morgan fingerprint density at radius 2 is 1.26 bits per heavy atom. The van der Waals surface area contributed by atoms with Crippen molar-refractivity contribution in [2.75, 3.05) is 27.7 Å². The van der Waals surface area contributed by atoms with E-state index in [4.69, 9.17) is 0 Å². The smallest absolute Gasteiger partial charge is 0.152 e. The molecule has 1 fully saturated rings. The molecule has 0 aliphatic carbocycles. The fraction of sp³-hybridized carbons (Fsp3) is 1.00. The van der Waals surface area contributed by atoms with Gasteiger partial charge in [0.15, 0.2) is 5.66 Å². The van der Waals surface area contributed by atoms with Crippen molar-refractivity contribution in [3.63, 3.8) is 0 Å². The molecule has 0 spiro atoms. The third kappa shape index (κ3) is 5.43. The summed E-state index contributed by atoms with van der Waals surface area (Å²) in [7, 11) is 7.07. The summed E-state index contributed by atoms with van der Waals surface area (Å²) in [5.41, 5.74) is 0.286. The van der Waals surface area contributed by atoms with Crippen molar-refractivity contribution >= 4 is 0 Å². The van der Waals surface area contributed by atoms with Crippen molar-refractivity contribution in [1.82, 2.24) is 5.32 Å². The highest BCUT2D eigenvalue weighted by molar-refractivity contribution is 4.77. The van der Waals surface area contributed by atoms with E-state index in [1.54, 1.807) is 0 Å². The lowest BCUT2D eigenvalue weighted by molar-refractivity contribution is -0.929. The quantitative estimate of drug-likeness (QED) is 0.737. The predicted molar refractivity (Wildman–Crippen MR) is 85.2 cm³/mol. The Bertz CT molecular complexity index is 216. The molecule has 1 N–H and O–H groups in total. The summed E-state index contributed by atoms with van der Waals surface area (Å²) >= 11 is 0. The van der Waals surface area contributed by atoms with E-state index in [0.29, 0.717) is 0 Å². The topological polar surface area (TPSA) is 12.0 Å². The Labute approximate surface area is 121 Å². The average Bonchev–Trinajstić information content (AvgIpc) is 2.37. The molecule has 1 unspecified atom stereocenters. The van der Waals surface area contributed by atoms with Gasteiger partial charge in [-0.1, -0.05) is 51.9 Å². The van der Waals surface area contributed by atoms with E-state index in [1.807, 2.05) is 0 Å². The van der Waals surface area contributed by atoms with Gasteiger partial charge < -0.3 is 4.48 Å². The molecule has 0 aromatic heterocycles. The summed E-state index contributed by atoms with van der Waals surface area (Å²) in [5, 5.41) is 3.93. The van der Waals surface area contributed by atoms with Gasteiger partial charge in [0.05, 0.1) is 21.1 Å². The second-order valence-corrected chi connectivity index (χ2v) is 7.26. The van der Waals surface area contributed by atoms with Crippen molar-refractivity contribution in [2.24, 2.45) is 0 Å². The molecule has 0 radical (unpaired) electrons. The first-order valence-electron chi connectivity index (χ1n) is 8.58. The maximum Gasteiger partial charge on any atom is 0.152 e. The van der Waals surface area contributed by atoms with E-state index in [1.165, 1.54) is 77.2 Å². The number of nitrogens with one attached hydrogen (secondary N) is 1. The number of rotatable bonds is 2. The van der Waals surface area contributed by atoms with Crippen molar-refractivity contribution in [2.45, 2.75) is 83.2 Å². The van der Waals surface area contributed by atoms with Gasteiger partial charge in [-0.3, -0.25) is 5.32 Å².